The summed E-state index contributed by atoms with van der Waals surface area (Å²) in [6, 6.07) is -0.931. The largest absolute Gasteiger partial charge is 0.477 e. The van der Waals surface area contributed by atoms with Crippen molar-refractivity contribution in [3.05, 3.63) is 29.2 Å². The number of anilines is 1. The number of aliphatic carboxylic acids is 1. The molecular weight excluding hydrogens is 561 g/mol. The fourth-order valence-corrected chi connectivity index (χ4v) is 7.43. The molecule has 4 N–H and O–H groups in total. The molecule has 0 radical (unpaired) electrons. The van der Waals surface area contributed by atoms with Gasteiger partial charge in [-0.3, -0.25) is 19.5 Å². The second-order valence-corrected chi connectivity index (χ2v) is 12.1. The average molecular weight is 583 g/mol. The van der Waals surface area contributed by atoms with E-state index in [0.717, 1.165) is 30.8 Å². The van der Waals surface area contributed by atoms with Crippen LogP contribution in [0.5, 0.6) is 0 Å². The number of carbonyl (C=O) groups is 3. The van der Waals surface area contributed by atoms with Crippen LogP contribution in [0.15, 0.2) is 33.6 Å². The molecule has 1 aromatic rings. The minimum Gasteiger partial charge on any atom is -0.477 e. The molecule has 0 saturated carbocycles. The molecule has 13 nitrogen and oxygen atoms in total. The fraction of sp³-hybridized carbons (Fsp3) is 0.450. The van der Waals surface area contributed by atoms with Crippen molar-refractivity contribution in [2.24, 2.45) is 10.1 Å². The lowest BCUT2D eigenvalue weighted by Crippen LogP contribution is -2.71. The highest BCUT2D eigenvalue weighted by Crippen LogP contribution is 2.41. The molecule has 3 aliphatic heterocycles. The molecule has 1 aromatic heterocycles. The fourth-order valence-electron chi connectivity index (χ4n) is 3.95. The van der Waals surface area contributed by atoms with E-state index in [0.29, 0.717) is 23.7 Å². The number of allylic oxidation sites excluding steroid dienone is 1. The number of nitrogens with two attached hydrogens (primary N) is 1. The number of carboxylic acids is 1. The van der Waals surface area contributed by atoms with E-state index in [2.05, 4.69) is 24.8 Å². The summed E-state index contributed by atoms with van der Waals surface area (Å²) in [4.78, 5) is 53.3. The molecule has 1 saturated heterocycles. The molecule has 0 bridgehead atoms. The number of nitrogen functional groups attached to an aromatic ring is 1. The van der Waals surface area contributed by atoms with Crippen LogP contribution in [0.2, 0.25) is 0 Å². The SMILES string of the molecule is Nc1nc(C(=NOC2C=CCCC2)C(=O)NC2C(=O)N3C(C(=O)O)=C(CSN4CN=CS4)CS[C@H]23)ns1. The minimum atomic E-state index is -1.18. The van der Waals surface area contributed by atoms with Crippen molar-refractivity contribution in [1.82, 2.24) is 23.3 Å². The van der Waals surface area contributed by atoms with E-state index in [9.17, 15) is 19.5 Å². The van der Waals surface area contributed by atoms with E-state index < -0.39 is 29.2 Å². The van der Waals surface area contributed by atoms with Gasteiger partial charge >= 0.3 is 5.97 Å². The number of aromatic nitrogens is 2. The summed E-state index contributed by atoms with van der Waals surface area (Å²) in [6.45, 7) is 0.516. The van der Waals surface area contributed by atoms with Gasteiger partial charge in [-0.1, -0.05) is 23.2 Å². The first-order valence-electron chi connectivity index (χ1n) is 11.2. The molecule has 3 atom stereocenters. The molecule has 196 valence electrons. The Morgan fingerprint density at radius 3 is 2.95 bits per heavy atom. The second kappa shape index (κ2) is 11.4. The number of aliphatic imine (C=N–C) groups is 1. The lowest BCUT2D eigenvalue weighted by atomic mass is 10.0. The van der Waals surface area contributed by atoms with Crippen molar-refractivity contribution in [3.8, 4) is 0 Å². The zero-order valence-corrected chi connectivity index (χ0v) is 22.4. The quantitative estimate of drug-likeness (QED) is 0.125. The number of fused-ring (bicyclic) bond motifs is 1. The van der Waals surface area contributed by atoms with Crippen LogP contribution in [-0.2, 0) is 19.2 Å². The van der Waals surface area contributed by atoms with Gasteiger partial charge in [0.1, 0.15) is 29.9 Å². The van der Waals surface area contributed by atoms with E-state index in [-0.39, 0.29) is 28.5 Å². The van der Waals surface area contributed by atoms with E-state index in [1.54, 1.807) is 5.55 Å². The van der Waals surface area contributed by atoms with Gasteiger partial charge in [-0.2, -0.15) is 13.1 Å². The van der Waals surface area contributed by atoms with Gasteiger partial charge in [0, 0.05) is 23.0 Å². The predicted octanol–water partition coefficient (Wildman–Crippen LogP) is 1.29. The van der Waals surface area contributed by atoms with E-state index >= 15 is 0 Å². The second-order valence-electron chi connectivity index (χ2n) is 8.16. The summed E-state index contributed by atoms with van der Waals surface area (Å²) in [6.07, 6.45) is 6.23. The van der Waals surface area contributed by atoms with Crippen molar-refractivity contribution in [1.29, 1.82) is 0 Å². The van der Waals surface area contributed by atoms with Crippen molar-refractivity contribution in [2.45, 2.75) is 36.8 Å². The topological polar surface area (TPSA) is 176 Å². The molecule has 2 unspecified atom stereocenters. The Labute approximate surface area is 228 Å². The normalized spacial score (nSPS) is 25.7. The number of oxime groups is 1. The van der Waals surface area contributed by atoms with Crippen LogP contribution in [0.25, 0.3) is 0 Å². The van der Waals surface area contributed by atoms with Gasteiger partial charge in [0.05, 0.1) is 5.55 Å². The maximum absolute atomic E-state index is 13.2. The average Bonchev–Trinajstić information content (AvgIpc) is 3.58. The van der Waals surface area contributed by atoms with Gasteiger partial charge in [0.25, 0.3) is 11.8 Å². The van der Waals surface area contributed by atoms with Crippen molar-refractivity contribution in [3.63, 3.8) is 0 Å². The number of nitrogens with zero attached hydrogens (tertiary/aromatic N) is 6. The number of hydrogen-bond donors (Lipinski definition) is 3. The van der Waals surface area contributed by atoms with Crippen LogP contribution in [0.1, 0.15) is 25.1 Å². The summed E-state index contributed by atoms with van der Waals surface area (Å²) in [5.41, 5.74) is 7.82. The Morgan fingerprint density at radius 2 is 2.27 bits per heavy atom. The molecule has 1 aliphatic carbocycles. The minimum absolute atomic E-state index is 0.00564. The third-order valence-electron chi connectivity index (χ3n) is 5.71. The summed E-state index contributed by atoms with van der Waals surface area (Å²) in [5, 5.41) is 16.2. The van der Waals surface area contributed by atoms with Crippen molar-refractivity contribution >= 4 is 81.4 Å². The van der Waals surface area contributed by atoms with Crippen molar-refractivity contribution < 1.29 is 24.3 Å². The lowest BCUT2D eigenvalue weighted by Gasteiger charge is -2.49. The van der Waals surface area contributed by atoms with Gasteiger partial charge in [0.15, 0.2) is 5.13 Å². The van der Waals surface area contributed by atoms with E-state index in [1.807, 2.05) is 15.9 Å². The Kier molecular flexibility index (Phi) is 8.04. The molecule has 4 heterocycles. The number of hydrogen-bond acceptors (Lipinski definition) is 14. The zero-order chi connectivity index (χ0) is 25.9. The first-order chi connectivity index (χ1) is 17.9. The van der Waals surface area contributed by atoms with Crippen LogP contribution in [0.3, 0.4) is 0 Å². The molecular formula is C20H22N8O5S4. The van der Waals surface area contributed by atoms with Crippen molar-refractivity contribution in [2.75, 3.05) is 23.9 Å². The van der Waals surface area contributed by atoms with Crippen LogP contribution < -0.4 is 11.1 Å². The highest BCUT2D eigenvalue weighted by atomic mass is 32.2. The van der Waals surface area contributed by atoms with Gasteiger partial charge in [-0.15, -0.1) is 11.8 Å². The Morgan fingerprint density at radius 1 is 1.41 bits per heavy atom. The molecule has 0 aromatic carbocycles. The van der Waals surface area contributed by atoms with Crippen LogP contribution in [-0.4, -0.2) is 87.8 Å². The van der Waals surface area contributed by atoms with E-state index in [4.69, 9.17) is 10.6 Å². The number of thioether (sulfide) groups is 1. The van der Waals surface area contributed by atoms with Gasteiger partial charge in [-0.25, -0.2) is 4.79 Å². The molecule has 1 fully saturated rings. The number of nitrogens with one attached hydrogen (secondary N) is 1. The number of carbonyl (C=O) groups excluding carboxylic acids is 2. The number of β-lactam (4-membered cyclic amide) rings is 1. The van der Waals surface area contributed by atoms with E-state index in [1.165, 1.54) is 40.6 Å². The third kappa shape index (κ3) is 5.64. The standard InChI is InChI=1S/C20H22N8O5S4/c21-20-24-15(26-37-20)12(25-33-11-4-2-1-3-5-11)16(29)23-13-17(30)28-14(19(31)32)10(6-34-18(13)28)7-35-27-8-22-9-36-27/h2,4,9,11,13,18H,1,3,5-8H2,(H,23,29)(H,31,32)(H2,21,24,26)/t11?,13?,18-/m1/s1. The van der Waals surface area contributed by atoms with Crippen LogP contribution in [0, 0.1) is 0 Å². The summed E-state index contributed by atoms with van der Waals surface area (Å²) in [7, 11) is 0. The first-order valence-corrected chi connectivity index (χ1v) is 14.8. The zero-order valence-electron chi connectivity index (χ0n) is 19.2. The smallest absolute Gasteiger partial charge is 0.352 e. The monoisotopic (exact) mass is 582 g/mol. The Balaban J connectivity index is 1.29. The highest BCUT2D eigenvalue weighted by molar-refractivity contribution is 8.19. The molecule has 37 heavy (non-hydrogen) atoms. The first kappa shape index (κ1) is 26.0. The third-order valence-corrected chi connectivity index (χ3v) is 9.65. The Bertz CT molecular complexity index is 1210. The molecule has 5 rings (SSSR count). The van der Waals surface area contributed by atoms with Gasteiger partial charge in [-0.05, 0) is 42.9 Å². The molecule has 4 aliphatic rings. The highest BCUT2D eigenvalue weighted by Gasteiger charge is 2.54. The van der Waals surface area contributed by atoms with Gasteiger partial charge < -0.3 is 21.0 Å². The van der Waals surface area contributed by atoms with Crippen LogP contribution in [0.4, 0.5) is 5.13 Å². The maximum atomic E-state index is 13.2. The lowest BCUT2D eigenvalue weighted by molar-refractivity contribution is -0.150. The number of carboxylic acid groups (broad SMARTS) is 1. The van der Waals surface area contributed by atoms with Crippen LogP contribution >= 0.6 is 47.2 Å². The van der Waals surface area contributed by atoms with Gasteiger partial charge in [0.2, 0.25) is 11.5 Å². The maximum Gasteiger partial charge on any atom is 0.352 e. The number of rotatable bonds is 9. The predicted molar refractivity (Wildman–Crippen MR) is 144 cm³/mol. The summed E-state index contributed by atoms with van der Waals surface area (Å²) in [5.74, 6) is -1.57. The molecule has 2 amide bonds. The summed E-state index contributed by atoms with van der Waals surface area (Å²) >= 11 is 5.18. The summed E-state index contributed by atoms with van der Waals surface area (Å²) < 4.78 is 5.99. The Hall–Kier alpha value is -2.60. The molecule has 17 heteroatoms. The molecule has 0 spiro atoms. The number of amides is 2.